The van der Waals surface area contributed by atoms with Gasteiger partial charge in [0.15, 0.2) is 0 Å². The predicted molar refractivity (Wildman–Crippen MR) is 40.3 cm³/mol. The first-order chi connectivity index (χ1) is 2.64. The minimum atomic E-state index is 0.896. The molecule has 0 radical (unpaired) electrons. The average Bonchev–Trinajstić information content (AvgIpc) is 1.36. The van der Waals surface area contributed by atoms with Crippen molar-refractivity contribution in [2.24, 2.45) is 0 Å². The van der Waals surface area contributed by atoms with E-state index in [4.69, 9.17) is 12.2 Å². The van der Waals surface area contributed by atoms with Gasteiger partial charge in [-0.05, 0) is 22.6 Å². The first-order valence-electron chi connectivity index (χ1n) is 1.51. The van der Waals surface area contributed by atoms with E-state index in [2.05, 4.69) is 22.6 Å². The van der Waals surface area contributed by atoms with Gasteiger partial charge in [0.25, 0.3) is 0 Å². The highest BCUT2D eigenvalue weighted by atomic mass is 127. The summed E-state index contributed by atoms with van der Waals surface area (Å²) < 4.78 is 0.896. The standard InChI is InChI=1S/C3H6INS/c1-5(2)3(4)6/h1-2H3. The summed E-state index contributed by atoms with van der Waals surface area (Å²) in [6, 6.07) is 0. The maximum atomic E-state index is 4.73. The molecule has 36 valence electrons. The molecule has 0 fully saturated rings. The number of thiocarbonyl (C=S) groups is 1. The van der Waals surface area contributed by atoms with Crippen LogP contribution in [0.1, 0.15) is 0 Å². The summed E-state index contributed by atoms with van der Waals surface area (Å²) in [5.41, 5.74) is 0. The normalized spacial score (nSPS) is 7.83. The fraction of sp³-hybridized carbons (Fsp3) is 0.667. The minimum absolute atomic E-state index is 0.896. The van der Waals surface area contributed by atoms with Crippen LogP contribution < -0.4 is 0 Å². The van der Waals surface area contributed by atoms with Gasteiger partial charge in [-0.1, -0.05) is 12.2 Å². The summed E-state index contributed by atoms with van der Waals surface area (Å²) in [5.74, 6) is 0. The van der Waals surface area contributed by atoms with E-state index < -0.39 is 0 Å². The summed E-state index contributed by atoms with van der Waals surface area (Å²) in [5, 5.41) is 0. The van der Waals surface area contributed by atoms with Crippen LogP contribution in [0.25, 0.3) is 0 Å². The summed E-state index contributed by atoms with van der Waals surface area (Å²) in [7, 11) is 3.85. The van der Waals surface area contributed by atoms with Gasteiger partial charge in [-0.15, -0.1) is 0 Å². The van der Waals surface area contributed by atoms with Crippen LogP contribution in [0.2, 0.25) is 0 Å². The van der Waals surface area contributed by atoms with Crippen molar-refractivity contribution in [2.45, 2.75) is 0 Å². The number of halogens is 1. The molecule has 0 saturated carbocycles. The lowest BCUT2D eigenvalue weighted by Crippen LogP contribution is -2.12. The highest BCUT2D eigenvalue weighted by molar-refractivity contribution is 14.1. The van der Waals surface area contributed by atoms with Gasteiger partial charge < -0.3 is 4.90 Å². The quantitative estimate of drug-likeness (QED) is 0.259. The summed E-state index contributed by atoms with van der Waals surface area (Å²) in [4.78, 5) is 1.88. The summed E-state index contributed by atoms with van der Waals surface area (Å²) in [6.07, 6.45) is 0. The topological polar surface area (TPSA) is 3.24 Å². The molecule has 0 unspecified atom stereocenters. The molecule has 0 saturated heterocycles. The zero-order chi connectivity index (χ0) is 5.15. The zero-order valence-corrected chi connectivity index (χ0v) is 6.71. The molecular formula is C3H6INS. The average molecular weight is 215 g/mol. The van der Waals surface area contributed by atoms with Crippen molar-refractivity contribution in [3.63, 3.8) is 0 Å². The van der Waals surface area contributed by atoms with Gasteiger partial charge in [0.2, 0.25) is 0 Å². The maximum absolute atomic E-state index is 4.73. The van der Waals surface area contributed by atoms with E-state index in [1.807, 2.05) is 19.0 Å². The van der Waals surface area contributed by atoms with Crippen LogP contribution in [0, 0.1) is 0 Å². The minimum Gasteiger partial charge on any atom is -0.364 e. The molecule has 0 spiro atoms. The van der Waals surface area contributed by atoms with Gasteiger partial charge in [-0.2, -0.15) is 0 Å². The Hall–Kier alpha value is 0.620. The lowest BCUT2D eigenvalue weighted by Gasteiger charge is -2.04. The SMILES string of the molecule is CN(C)C(=S)I. The maximum Gasteiger partial charge on any atom is 0.139 e. The van der Waals surface area contributed by atoms with Crippen molar-refractivity contribution in [3.8, 4) is 0 Å². The molecule has 0 aromatic rings. The van der Waals surface area contributed by atoms with Gasteiger partial charge in [-0.25, -0.2) is 0 Å². The largest absolute Gasteiger partial charge is 0.364 e. The molecule has 0 aromatic heterocycles. The number of rotatable bonds is 0. The third-order valence-corrected chi connectivity index (χ3v) is 1.68. The Morgan fingerprint density at radius 3 is 1.83 bits per heavy atom. The molecule has 3 heteroatoms. The van der Waals surface area contributed by atoms with Crippen LogP contribution in [0.3, 0.4) is 0 Å². The van der Waals surface area contributed by atoms with E-state index >= 15 is 0 Å². The first-order valence-corrected chi connectivity index (χ1v) is 3.00. The van der Waals surface area contributed by atoms with Gasteiger partial charge in [-0.3, -0.25) is 0 Å². The van der Waals surface area contributed by atoms with Crippen molar-refractivity contribution in [1.82, 2.24) is 4.90 Å². The van der Waals surface area contributed by atoms with E-state index in [0.29, 0.717) is 0 Å². The smallest absolute Gasteiger partial charge is 0.139 e. The zero-order valence-electron chi connectivity index (χ0n) is 3.73. The Morgan fingerprint density at radius 2 is 1.83 bits per heavy atom. The van der Waals surface area contributed by atoms with Crippen molar-refractivity contribution in [2.75, 3.05) is 14.1 Å². The van der Waals surface area contributed by atoms with Crippen molar-refractivity contribution >= 4 is 37.8 Å². The Bertz CT molecular complexity index is 61.8. The van der Waals surface area contributed by atoms with E-state index in [-0.39, 0.29) is 0 Å². The van der Waals surface area contributed by atoms with Gasteiger partial charge in [0.05, 0.1) is 0 Å². The summed E-state index contributed by atoms with van der Waals surface area (Å²) >= 11 is 6.82. The fourth-order valence-electron chi connectivity index (χ4n) is 0. The van der Waals surface area contributed by atoms with E-state index in [1.165, 1.54) is 0 Å². The third-order valence-electron chi connectivity index (χ3n) is 0.352. The molecule has 0 N–H and O–H groups in total. The van der Waals surface area contributed by atoms with E-state index in [1.54, 1.807) is 0 Å². The van der Waals surface area contributed by atoms with Crippen LogP contribution in [0.4, 0.5) is 0 Å². The number of nitrogens with zero attached hydrogens (tertiary/aromatic N) is 1. The van der Waals surface area contributed by atoms with Crippen LogP contribution in [-0.4, -0.2) is 22.0 Å². The lowest BCUT2D eigenvalue weighted by atomic mass is 11.0. The molecule has 0 aromatic carbocycles. The van der Waals surface area contributed by atoms with Crippen molar-refractivity contribution < 1.29 is 0 Å². The first kappa shape index (κ1) is 6.62. The van der Waals surface area contributed by atoms with Crippen LogP contribution in [0.15, 0.2) is 0 Å². The Balaban J connectivity index is 3.26. The molecule has 0 rings (SSSR count). The number of hydrogen-bond donors (Lipinski definition) is 0. The second-order valence-corrected chi connectivity index (χ2v) is 3.29. The van der Waals surface area contributed by atoms with Crippen LogP contribution >= 0.6 is 34.8 Å². The molecule has 0 amide bonds. The van der Waals surface area contributed by atoms with Crippen LogP contribution in [0.5, 0.6) is 0 Å². The second-order valence-electron chi connectivity index (χ2n) is 1.15. The predicted octanol–water partition coefficient (Wildman–Crippen LogP) is 1.27. The van der Waals surface area contributed by atoms with Crippen LogP contribution in [-0.2, 0) is 0 Å². The lowest BCUT2D eigenvalue weighted by molar-refractivity contribution is 0.651. The monoisotopic (exact) mass is 215 g/mol. The molecule has 0 heterocycles. The molecule has 1 nitrogen and oxygen atoms in total. The second kappa shape index (κ2) is 2.74. The molecule has 0 bridgehead atoms. The Morgan fingerprint density at radius 1 is 1.67 bits per heavy atom. The Labute approximate surface area is 56.8 Å². The highest BCUT2D eigenvalue weighted by Crippen LogP contribution is 1.90. The molecule has 0 atom stereocenters. The number of hydrogen-bond acceptors (Lipinski definition) is 1. The molecule has 0 aliphatic rings. The van der Waals surface area contributed by atoms with Gasteiger partial charge in [0.1, 0.15) is 3.00 Å². The highest BCUT2D eigenvalue weighted by Gasteiger charge is 1.84. The molecule has 0 aliphatic heterocycles. The van der Waals surface area contributed by atoms with E-state index in [0.717, 1.165) is 3.00 Å². The molecular weight excluding hydrogens is 209 g/mol. The van der Waals surface area contributed by atoms with Crippen molar-refractivity contribution in [3.05, 3.63) is 0 Å². The fourth-order valence-corrected chi connectivity index (χ4v) is 0. The summed E-state index contributed by atoms with van der Waals surface area (Å²) in [6.45, 7) is 0. The van der Waals surface area contributed by atoms with Crippen molar-refractivity contribution in [1.29, 1.82) is 0 Å². The third kappa shape index (κ3) is 2.84. The molecule has 0 aliphatic carbocycles. The van der Waals surface area contributed by atoms with Gasteiger partial charge in [0, 0.05) is 14.1 Å². The Kier molecular flexibility index (Phi) is 3.02. The van der Waals surface area contributed by atoms with Gasteiger partial charge >= 0.3 is 0 Å². The molecule has 6 heavy (non-hydrogen) atoms. The van der Waals surface area contributed by atoms with E-state index in [9.17, 15) is 0 Å².